The first kappa shape index (κ1) is 25.2. The fourth-order valence-corrected chi connectivity index (χ4v) is 4.34. The second-order valence-corrected chi connectivity index (χ2v) is 9.54. The molecule has 0 radical (unpaired) electrons. The molecule has 3 N–H and O–H groups in total. The fourth-order valence-electron chi connectivity index (χ4n) is 4.21. The highest BCUT2D eigenvalue weighted by molar-refractivity contribution is 6.30. The van der Waals surface area contributed by atoms with Gasteiger partial charge in [0.15, 0.2) is 0 Å². The maximum atomic E-state index is 12.9. The van der Waals surface area contributed by atoms with Crippen molar-refractivity contribution in [2.75, 3.05) is 27.4 Å². The normalized spacial score (nSPS) is 14.9. The van der Waals surface area contributed by atoms with E-state index in [2.05, 4.69) is 30.9 Å². The van der Waals surface area contributed by atoms with Crippen LogP contribution in [0.25, 0.3) is 0 Å². The molecule has 10 heteroatoms. The Labute approximate surface area is 225 Å². The summed E-state index contributed by atoms with van der Waals surface area (Å²) in [5.74, 6) is 1.84. The van der Waals surface area contributed by atoms with Crippen LogP contribution in [0, 0.1) is 19.8 Å². The zero-order valence-corrected chi connectivity index (χ0v) is 21.7. The molecule has 3 heterocycles. The highest BCUT2D eigenvalue weighted by Gasteiger charge is 2.35. The average molecular weight is 528 g/mol. The Morgan fingerprint density at radius 2 is 1.58 bits per heavy atom. The SMILES string of the molecule is Cc1ccnc(Nc2cc(Nc3ccc(NC(=O)C4CC(=O)N(c5ccc(Cl)cc5)C4)cc3)nc(C)n2)c1. The fraction of sp³-hybridized carbons (Fsp3) is 0.179. The number of benzene rings is 2. The van der Waals surface area contributed by atoms with Crippen LogP contribution in [0.3, 0.4) is 0 Å². The van der Waals surface area contributed by atoms with Crippen LogP contribution >= 0.6 is 11.6 Å². The molecule has 1 aliphatic rings. The Morgan fingerprint density at radius 1 is 0.895 bits per heavy atom. The van der Waals surface area contributed by atoms with Crippen molar-refractivity contribution in [2.45, 2.75) is 20.3 Å². The molecular formula is C28H26ClN7O2. The van der Waals surface area contributed by atoms with E-state index in [1.54, 1.807) is 53.6 Å². The number of carbonyl (C=O) groups is 2. The van der Waals surface area contributed by atoms with Crippen LogP contribution in [0.5, 0.6) is 0 Å². The van der Waals surface area contributed by atoms with Gasteiger partial charge in [-0.2, -0.15) is 0 Å². The first-order valence-electron chi connectivity index (χ1n) is 12.1. The van der Waals surface area contributed by atoms with E-state index in [4.69, 9.17) is 11.6 Å². The summed E-state index contributed by atoms with van der Waals surface area (Å²) in [4.78, 5) is 40.2. The monoisotopic (exact) mass is 527 g/mol. The summed E-state index contributed by atoms with van der Waals surface area (Å²) in [7, 11) is 0. The van der Waals surface area contributed by atoms with Gasteiger partial charge in [-0.15, -0.1) is 0 Å². The molecule has 4 aromatic rings. The molecule has 9 nitrogen and oxygen atoms in total. The van der Waals surface area contributed by atoms with Crippen molar-refractivity contribution in [3.63, 3.8) is 0 Å². The lowest BCUT2D eigenvalue weighted by molar-refractivity contribution is -0.122. The number of pyridine rings is 1. The van der Waals surface area contributed by atoms with Crippen LogP contribution in [0.15, 0.2) is 72.9 Å². The van der Waals surface area contributed by atoms with Crippen molar-refractivity contribution < 1.29 is 9.59 Å². The van der Waals surface area contributed by atoms with Gasteiger partial charge < -0.3 is 20.9 Å². The molecule has 1 aliphatic heterocycles. The minimum absolute atomic E-state index is 0.0841. The van der Waals surface area contributed by atoms with Gasteiger partial charge in [0.25, 0.3) is 0 Å². The van der Waals surface area contributed by atoms with Gasteiger partial charge in [-0.1, -0.05) is 11.6 Å². The van der Waals surface area contributed by atoms with Gasteiger partial charge in [-0.3, -0.25) is 9.59 Å². The van der Waals surface area contributed by atoms with Crippen molar-refractivity contribution in [1.29, 1.82) is 0 Å². The lowest BCUT2D eigenvalue weighted by Crippen LogP contribution is -2.28. The van der Waals surface area contributed by atoms with Gasteiger partial charge in [0, 0.05) is 47.3 Å². The molecule has 0 saturated carbocycles. The topological polar surface area (TPSA) is 112 Å². The van der Waals surface area contributed by atoms with E-state index in [9.17, 15) is 9.59 Å². The van der Waals surface area contributed by atoms with Crippen LogP contribution in [-0.4, -0.2) is 33.3 Å². The lowest BCUT2D eigenvalue weighted by Gasteiger charge is -2.17. The molecule has 1 saturated heterocycles. The summed E-state index contributed by atoms with van der Waals surface area (Å²) in [6.45, 7) is 4.15. The highest BCUT2D eigenvalue weighted by atomic mass is 35.5. The predicted octanol–water partition coefficient (Wildman–Crippen LogP) is 5.62. The maximum absolute atomic E-state index is 12.9. The van der Waals surface area contributed by atoms with Crippen LogP contribution in [0.4, 0.5) is 34.5 Å². The Hall–Kier alpha value is -4.50. The van der Waals surface area contributed by atoms with E-state index in [1.165, 1.54) is 0 Å². The largest absolute Gasteiger partial charge is 0.340 e. The summed E-state index contributed by atoms with van der Waals surface area (Å²) in [5, 5.41) is 9.99. The van der Waals surface area contributed by atoms with Gasteiger partial charge >= 0.3 is 0 Å². The predicted molar refractivity (Wildman–Crippen MR) is 149 cm³/mol. The number of aromatic nitrogens is 3. The van der Waals surface area contributed by atoms with Crippen molar-refractivity contribution in [2.24, 2.45) is 5.92 Å². The molecule has 2 amide bonds. The number of halogens is 1. The smallest absolute Gasteiger partial charge is 0.229 e. The van der Waals surface area contributed by atoms with E-state index in [0.29, 0.717) is 40.5 Å². The third kappa shape index (κ3) is 6.07. The summed E-state index contributed by atoms with van der Waals surface area (Å²) < 4.78 is 0. The molecule has 1 unspecified atom stereocenters. The summed E-state index contributed by atoms with van der Waals surface area (Å²) in [6.07, 6.45) is 1.90. The zero-order chi connectivity index (χ0) is 26.6. The van der Waals surface area contributed by atoms with E-state index in [1.807, 2.05) is 38.1 Å². The molecule has 0 spiro atoms. The average Bonchev–Trinajstić information content (AvgIpc) is 3.27. The Balaban J connectivity index is 1.20. The van der Waals surface area contributed by atoms with E-state index in [-0.39, 0.29) is 18.2 Å². The number of nitrogens with zero attached hydrogens (tertiary/aromatic N) is 4. The number of nitrogens with one attached hydrogen (secondary N) is 3. The number of hydrogen-bond acceptors (Lipinski definition) is 7. The molecule has 0 bridgehead atoms. The lowest BCUT2D eigenvalue weighted by atomic mass is 10.1. The van der Waals surface area contributed by atoms with E-state index in [0.717, 1.165) is 16.9 Å². The molecule has 0 aliphatic carbocycles. The first-order chi connectivity index (χ1) is 18.3. The number of rotatable bonds is 7. The molecule has 1 atom stereocenters. The molecule has 5 rings (SSSR count). The minimum atomic E-state index is -0.436. The first-order valence-corrected chi connectivity index (χ1v) is 12.5. The molecule has 38 heavy (non-hydrogen) atoms. The number of hydrogen-bond donors (Lipinski definition) is 3. The standard InChI is InChI=1S/C28H26ClN7O2/c1-17-11-12-30-24(13-17)35-26-15-25(31-18(2)32-26)33-21-5-7-22(8-6-21)34-28(38)19-14-27(37)36(16-19)23-9-3-20(29)4-10-23/h3-13,15,19H,14,16H2,1-2H3,(H,34,38)(H2,30,31,32,33,35). The van der Waals surface area contributed by atoms with Crippen molar-refractivity contribution in [1.82, 2.24) is 15.0 Å². The number of carbonyl (C=O) groups excluding carboxylic acids is 2. The maximum Gasteiger partial charge on any atom is 0.229 e. The van der Waals surface area contributed by atoms with Gasteiger partial charge in [-0.05, 0) is 80.1 Å². The second kappa shape index (κ2) is 10.9. The van der Waals surface area contributed by atoms with Crippen LogP contribution in [-0.2, 0) is 9.59 Å². The van der Waals surface area contributed by atoms with E-state index < -0.39 is 5.92 Å². The number of anilines is 6. The van der Waals surface area contributed by atoms with Crippen molar-refractivity contribution >= 4 is 57.9 Å². The van der Waals surface area contributed by atoms with Crippen molar-refractivity contribution in [3.05, 3.63) is 89.3 Å². The molecular weight excluding hydrogens is 502 g/mol. The third-order valence-corrected chi connectivity index (χ3v) is 6.32. The summed E-state index contributed by atoms with van der Waals surface area (Å²) in [6, 6.07) is 20.0. The molecule has 2 aromatic carbocycles. The van der Waals surface area contributed by atoms with Crippen LogP contribution in [0.1, 0.15) is 17.8 Å². The van der Waals surface area contributed by atoms with Gasteiger partial charge in [0.2, 0.25) is 11.8 Å². The summed E-state index contributed by atoms with van der Waals surface area (Å²) in [5.41, 5.74) is 3.27. The van der Waals surface area contributed by atoms with E-state index >= 15 is 0 Å². The zero-order valence-electron chi connectivity index (χ0n) is 20.9. The minimum Gasteiger partial charge on any atom is -0.340 e. The van der Waals surface area contributed by atoms with Crippen molar-refractivity contribution in [3.8, 4) is 0 Å². The number of amides is 2. The summed E-state index contributed by atoms with van der Waals surface area (Å²) >= 11 is 5.95. The third-order valence-electron chi connectivity index (χ3n) is 6.07. The number of aryl methyl sites for hydroxylation is 2. The highest BCUT2D eigenvalue weighted by Crippen LogP contribution is 2.28. The Kier molecular flexibility index (Phi) is 7.19. The van der Waals surface area contributed by atoms with Crippen LogP contribution < -0.4 is 20.9 Å². The van der Waals surface area contributed by atoms with Gasteiger partial charge in [0.1, 0.15) is 23.3 Å². The second-order valence-electron chi connectivity index (χ2n) is 9.10. The Morgan fingerprint density at radius 3 is 2.29 bits per heavy atom. The quantitative estimate of drug-likeness (QED) is 0.286. The molecule has 192 valence electrons. The molecule has 1 fully saturated rings. The van der Waals surface area contributed by atoms with Gasteiger partial charge in [0.05, 0.1) is 5.92 Å². The Bertz CT molecular complexity index is 1480. The molecule has 2 aromatic heterocycles. The van der Waals surface area contributed by atoms with Gasteiger partial charge in [-0.25, -0.2) is 15.0 Å². The van der Waals surface area contributed by atoms with Crippen LogP contribution in [0.2, 0.25) is 5.02 Å².